The highest BCUT2D eigenvalue weighted by Gasteiger charge is 2.46. The lowest BCUT2D eigenvalue weighted by Gasteiger charge is -2.40. The van der Waals surface area contributed by atoms with Gasteiger partial charge in [0.05, 0.1) is 18.8 Å². The average molecular weight is 954 g/mol. The van der Waals surface area contributed by atoms with Crippen LogP contribution in [0.2, 0.25) is 0 Å². The molecule has 2 heterocycles. The van der Waals surface area contributed by atoms with Crippen LogP contribution >= 0.6 is 21.6 Å². The molecule has 1 fully saturated rings. The number of carboxylic acid groups (broad SMARTS) is 2. The monoisotopic (exact) mass is 953 g/mol. The van der Waals surface area contributed by atoms with E-state index in [4.69, 9.17) is 5.73 Å². The number of benzene rings is 2. The van der Waals surface area contributed by atoms with Crippen LogP contribution in [0, 0.1) is 0 Å². The zero-order valence-electron chi connectivity index (χ0n) is 37.3. The first kappa shape index (κ1) is 52.5. The summed E-state index contributed by atoms with van der Waals surface area (Å²) in [7, 11) is 2.19. The van der Waals surface area contributed by atoms with E-state index in [1.165, 1.54) is 24.7 Å². The quantitative estimate of drug-likeness (QED) is 0.0795. The van der Waals surface area contributed by atoms with E-state index in [1.54, 1.807) is 70.2 Å². The number of rotatable bonds is 18. The molecule has 358 valence electrons. The summed E-state index contributed by atoms with van der Waals surface area (Å²) in [5, 5.41) is 44.6. The fraction of sp³-hybridized carbons (Fsp3) is 0.477. The van der Waals surface area contributed by atoms with E-state index in [1.807, 2.05) is 6.92 Å². The maximum absolute atomic E-state index is 14.6. The van der Waals surface area contributed by atoms with E-state index in [0.29, 0.717) is 29.7 Å². The predicted molar refractivity (Wildman–Crippen MR) is 247 cm³/mol. The SMILES string of the molecule is CCCC[C@H](NC(=O)[C@H]1NC(=O)[C@H](Cc2cnc[nH]2)NC(=O)[C@H](Cc2ccccc2)NC(=O)[C@H](NC(=O)[C@@H](N)Cc2ccc(O)cc2)C(C)(C)SSC1(C)C)C(=O)N[C@@H](CC(=O)O)C(=O)O. The van der Waals surface area contributed by atoms with Crippen molar-refractivity contribution < 1.29 is 53.7 Å². The fourth-order valence-corrected chi connectivity index (χ4v) is 9.70. The number of aromatic nitrogens is 2. The van der Waals surface area contributed by atoms with Gasteiger partial charge in [-0.1, -0.05) is 83.8 Å². The molecule has 4 rings (SSSR count). The second kappa shape index (κ2) is 23.9. The number of phenols is 1. The van der Waals surface area contributed by atoms with Crippen molar-refractivity contribution in [3.8, 4) is 5.75 Å². The third-order valence-corrected chi connectivity index (χ3v) is 14.9. The van der Waals surface area contributed by atoms with Crippen LogP contribution in [0.1, 0.15) is 77.1 Å². The number of aromatic amines is 1. The first-order valence-electron chi connectivity index (χ1n) is 21.3. The lowest BCUT2D eigenvalue weighted by Crippen LogP contribution is -2.65. The predicted octanol–water partition coefficient (Wildman–Crippen LogP) is 1.08. The van der Waals surface area contributed by atoms with Crippen LogP contribution in [0.15, 0.2) is 67.1 Å². The number of H-pyrrole nitrogens is 1. The summed E-state index contributed by atoms with van der Waals surface area (Å²) in [5.74, 6) is -7.91. The number of nitrogens with zero attached hydrogens (tertiary/aromatic N) is 1. The Balaban J connectivity index is 1.78. The number of nitrogens with one attached hydrogen (secondary N) is 7. The highest BCUT2D eigenvalue weighted by molar-refractivity contribution is 8.77. The number of nitrogens with two attached hydrogens (primary N) is 1. The molecule has 20 nitrogen and oxygen atoms in total. The van der Waals surface area contributed by atoms with Gasteiger partial charge >= 0.3 is 11.9 Å². The van der Waals surface area contributed by atoms with Crippen LogP contribution < -0.4 is 37.6 Å². The van der Waals surface area contributed by atoms with Crippen molar-refractivity contribution >= 4 is 69.0 Å². The van der Waals surface area contributed by atoms with Gasteiger partial charge in [-0.3, -0.25) is 33.6 Å². The van der Waals surface area contributed by atoms with Crippen LogP contribution in [-0.4, -0.2) is 124 Å². The molecule has 22 heteroatoms. The molecular weight excluding hydrogens is 895 g/mol. The van der Waals surface area contributed by atoms with Crippen LogP contribution in [0.5, 0.6) is 5.75 Å². The van der Waals surface area contributed by atoms with Crippen molar-refractivity contribution in [2.45, 2.75) is 131 Å². The summed E-state index contributed by atoms with van der Waals surface area (Å²) in [6.07, 6.45) is 2.76. The Morgan fingerprint density at radius 2 is 1.41 bits per heavy atom. The van der Waals surface area contributed by atoms with Crippen molar-refractivity contribution in [3.05, 3.63) is 83.9 Å². The minimum absolute atomic E-state index is 0.0240. The number of hydrogen-bond donors (Lipinski definition) is 11. The minimum atomic E-state index is -1.80. The third kappa shape index (κ3) is 15.5. The first-order valence-corrected chi connectivity index (χ1v) is 23.4. The summed E-state index contributed by atoms with van der Waals surface area (Å²) in [6, 6.07) is 5.07. The number of phenolic OH excluding ortho intramolecular Hbond substituents is 1. The highest BCUT2D eigenvalue weighted by Crippen LogP contribution is 2.47. The summed E-state index contributed by atoms with van der Waals surface area (Å²) >= 11 is 0. The maximum atomic E-state index is 14.6. The Hall–Kier alpha value is -6.13. The van der Waals surface area contributed by atoms with Crippen molar-refractivity contribution in [1.29, 1.82) is 0 Å². The lowest BCUT2D eigenvalue weighted by atomic mass is 9.98. The van der Waals surface area contributed by atoms with Gasteiger partial charge in [-0.25, -0.2) is 9.78 Å². The molecule has 0 spiro atoms. The molecular formula is C44H59N9O11S2. The molecule has 1 aliphatic heterocycles. The maximum Gasteiger partial charge on any atom is 0.326 e. The topological polar surface area (TPSA) is 324 Å². The van der Waals surface area contributed by atoms with Crippen LogP contribution in [0.4, 0.5) is 0 Å². The van der Waals surface area contributed by atoms with Gasteiger partial charge in [-0.15, -0.1) is 0 Å². The summed E-state index contributed by atoms with van der Waals surface area (Å²) in [5.41, 5.74) is 8.11. The second-order valence-corrected chi connectivity index (χ2v) is 20.5. The number of amides is 6. The first-order chi connectivity index (χ1) is 31.1. The minimum Gasteiger partial charge on any atom is -0.508 e. The molecule has 0 radical (unpaired) electrons. The van der Waals surface area contributed by atoms with Crippen molar-refractivity contribution in [2.75, 3.05) is 0 Å². The molecule has 1 aliphatic rings. The Kier molecular flexibility index (Phi) is 19.0. The van der Waals surface area contributed by atoms with Crippen LogP contribution in [0.25, 0.3) is 0 Å². The fourth-order valence-electron chi connectivity index (χ4n) is 6.88. The van der Waals surface area contributed by atoms with E-state index in [-0.39, 0.29) is 31.4 Å². The number of unbranched alkanes of at least 4 members (excludes halogenated alkanes) is 1. The molecule has 6 amide bonds. The van der Waals surface area contributed by atoms with Crippen LogP contribution in [0.3, 0.4) is 0 Å². The Bertz CT molecular complexity index is 2180. The van der Waals surface area contributed by atoms with Gasteiger partial charge < -0.3 is 57.9 Å². The van der Waals surface area contributed by atoms with Gasteiger partial charge in [0.25, 0.3) is 0 Å². The van der Waals surface area contributed by atoms with E-state index in [2.05, 4.69) is 41.9 Å². The van der Waals surface area contributed by atoms with Gasteiger partial charge in [-0.05, 0) is 63.8 Å². The van der Waals surface area contributed by atoms with E-state index >= 15 is 0 Å². The molecule has 12 N–H and O–H groups in total. The number of carbonyl (C=O) groups excluding carboxylic acids is 6. The van der Waals surface area contributed by atoms with Gasteiger partial charge in [-0.2, -0.15) is 0 Å². The molecule has 66 heavy (non-hydrogen) atoms. The van der Waals surface area contributed by atoms with Crippen molar-refractivity contribution in [1.82, 2.24) is 41.9 Å². The number of imidazole rings is 1. The van der Waals surface area contributed by atoms with Crippen LogP contribution in [-0.2, 0) is 57.6 Å². The van der Waals surface area contributed by atoms with Gasteiger partial charge in [0.1, 0.15) is 42.0 Å². The molecule has 1 saturated heterocycles. The molecule has 3 aromatic rings. The van der Waals surface area contributed by atoms with Gasteiger partial charge in [0.2, 0.25) is 35.4 Å². The second-order valence-electron chi connectivity index (χ2n) is 17.0. The number of aliphatic carboxylic acids is 2. The van der Waals surface area contributed by atoms with E-state index in [9.17, 15) is 53.7 Å². The molecule has 1 aromatic heterocycles. The number of hydrogen-bond acceptors (Lipinski definition) is 13. The Morgan fingerprint density at radius 3 is 2.02 bits per heavy atom. The number of carbonyl (C=O) groups is 8. The summed E-state index contributed by atoms with van der Waals surface area (Å²) in [4.78, 5) is 116. The number of carboxylic acids is 2. The van der Waals surface area contributed by atoms with E-state index < -0.39 is 106 Å². The Labute approximate surface area is 390 Å². The highest BCUT2D eigenvalue weighted by atomic mass is 33.1. The Morgan fingerprint density at radius 1 is 0.788 bits per heavy atom. The molecule has 0 unspecified atom stereocenters. The third-order valence-electron chi connectivity index (χ3n) is 10.7. The standard InChI is InChI=1S/C44H59N9O11S2/c1-6-7-13-29(37(58)51-32(42(63)64)21-33(55)56)48-40(61)35-44(4,5)66-65-43(2,3)34(52-36(57)28(45)18-25-14-16-27(54)17-15-25)41(62)50-30(19-24-11-9-8-10-12-24)38(59)49-31(39(60)53-35)20-26-22-46-23-47-26/h8-12,14-17,22-23,28-32,34-35,54H,6-7,13,18-21,45H2,1-5H3,(H,46,47)(H,48,61)(H,49,59)(H,50,62)(H,51,58)(H,52,57)(H,53,60)(H,55,56)(H,63,64)/t28-,29-,30-,31-,32-,34-,35+/m0/s1. The zero-order chi connectivity index (χ0) is 48.8. The van der Waals surface area contributed by atoms with E-state index in [0.717, 1.165) is 21.6 Å². The summed E-state index contributed by atoms with van der Waals surface area (Å²) in [6.45, 7) is 8.43. The molecule has 2 aromatic carbocycles. The summed E-state index contributed by atoms with van der Waals surface area (Å²) < 4.78 is -2.56. The molecule has 0 bridgehead atoms. The smallest absolute Gasteiger partial charge is 0.326 e. The lowest BCUT2D eigenvalue weighted by molar-refractivity contribution is -0.147. The van der Waals surface area contributed by atoms with Crippen molar-refractivity contribution in [3.63, 3.8) is 0 Å². The van der Waals surface area contributed by atoms with Gasteiger partial charge in [0, 0.05) is 34.2 Å². The zero-order valence-corrected chi connectivity index (χ0v) is 38.9. The molecule has 0 aliphatic carbocycles. The normalized spacial score (nSPS) is 21.3. The molecule has 7 atom stereocenters. The van der Waals surface area contributed by atoms with Crippen molar-refractivity contribution in [2.24, 2.45) is 5.73 Å². The number of aromatic hydroxyl groups is 1. The largest absolute Gasteiger partial charge is 0.508 e. The molecule has 0 saturated carbocycles. The van der Waals surface area contributed by atoms with Gasteiger partial charge in [0.15, 0.2) is 0 Å². The average Bonchev–Trinajstić information content (AvgIpc) is 3.78.